The Morgan fingerprint density at radius 1 is 1.33 bits per heavy atom. The minimum Gasteiger partial charge on any atom is -0.497 e. The van der Waals surface area contributed by atoms with Gasteiger partial charge in [0.15, 0.2) is 0 Å². The number of benzene rings is 1. The molecular formula is C14H21NO3. The van der Waals surface area contributed by atoms with Gasteiger partial charge in [-0.1, -0.05) is 0 Å². The Labute approximate surface area is 108 Å². The molecule has 18 heavy (non-hydrogen) atoms. The summed E-state index contributed by atoms with van der Waals surface area (Å²) >= 11 is 0. The summed E-state index contributed by atoms with van der Waals surface area (Å²) < 4.78 is 10.6. The van der Waals surface area contributed by atoms with E-state index in [9.17, 15) is 5.11 Å². The molecule has 0 amide bonds. The molecular weight excluding hydrogens is 230 g/mol. The predicted molar refractivity (Wildman–Crippen MR) is 70.1 cm³/mol. The maximum absolute atomic E-state index is 10.9. The first-order valence-electron chi connectivity index (χ1n) is 6.25. The van der Waals surface area contributed by atoms with Crippen LogP contribution in [0.25, 0.3) is 0 Å². The van der Waals surface area contributed by atoms with Gasteiger partial charge in [0.25, 0.3) is 0 Å². The molecule has 1 aliphatic carbocycles. The lowest BCUT2D eigenvalue weighted by molar-refractivity contribution is 0.0131. The molecule has 1 atom stereocenters. The van der Waals surface area contributed by atoms with E-state index in [0.29, 0.717) is 18.2 Å². The van der Waals surface area contributed by atoms with Crippen LogP contribution in [0.5, 0.6) is 11.5 Å². The van der Waals surface area contributed by atoms with Gasteiger partial charge in [-0.25, -0.2) is 0 Å². The summed E-state index contributed by atoms with van der Waals surface area (Å²) in [6, 6.07) is 5.58. The highest BCUT2D eigenvalue weighted by molar-refractivity contribution is 5.45. The van der Waals surface area contributed by atoms with Crippen LogP contribution in [0, 0.1) is 5.92 Å². The van der Waals surface area contributed by atoms with Crippen molar-refractivity contribution in [1.82, 2.24) is 5.32 Å². The Morgan fingerprint density at radius 3 is 2.56 bits per heavy atom. The second kappa shape index (κ2) is 5.16. The molecule has 1 aliphatic rings. The molecule has 100 valence electrons. The minimum atomic E-state index is -0.855. The molecule has 0 spiro atoms. The van der Waals surface area contributed by atoms with Gasteiger partial charge in [-0.15, -0.1) is 0 Å². The summed E-state index contributed by atoms with van der Waals surface area (Å²) in [5.74, 6) is 1.73. The second-order valence-corrected chi connectivity index (χ2v) is 4.80. The monoisotopic (exact) mass is 251 g/mol. The van der Waals surface area contributed by atoms with Crippen LogP contribution in [0.15, 0.2) is 18.2 Å². The van der Waals surface area contributed by atoms with Crippen LogP contribution in [0.2, 0.25) is 0 Å². The molecule has 0 bridgehead atoms. The molecule has 4 heteroatoms. The molecule has 2 rings (SSSR count). The SMILES string of the molecule is CNCC(O)(c1ccc(OC)cc1OC)C1CC1. The van der Waals surface area contributed by atoms with Crippen molar-refractivity contribution in [3.8, 4) is 11.5 Å². The number of aliphatic hydroxyl groups is 1. The molecule has 1 unspecified atom stereocenters. The van der Waals surface area contributed by atoms with Gasteiger partial charge < -0.3 is 19.9 Å². The van der Waals surface area contributed by atoms with E-state index in [4.69, 9.17) is 9.47 Å². The highest BCUT2D eigenvalue weighted by Gasteiger charge is 2.46. The lowest BCUT2D eigenvalue weighted by Crippen LogP contribution is -2.39. The molecule has 0 heterocycles. The fourth-order valence-corrected chi connectivity index (χ4v) is 2.45. The van der Waals surface area contributed by atoms with Crippen LogP contribution >= 0.6 is 0 Å². The Bertz CT molecular complexity index is 418. The average Bonchev–Trinajstić information content (AvgIpc) is 3.22. The van der Waals surface area contributed by atoms with E-state index in [2.05, 4.69) is 5.32 Å². The number of ether oxygens (including phenoxy) is 2. The van der Waals surface area contributed by atoms with Crippen molar-refractivity contribution in [3.05, 3.63) is 23.8 Å². The van der Waals surface area contributed by atoms with E-state index in [0.717, 1.165) is 24.2 Å². The van der Waals surface area contributed by atoms with Gasteiger partial charge in [-0.2, -0.15) is 0 Å². The number of rotatable bonds is 6. The summed E-state index contributed by atoms with van der Waals surface area (Å²) in [6.45, 7) is 0.528. The largest absolute Gasteiger partial charge is 0.497 e. The molecule has 0 radical (unpaired) electrons. The number of hydrogen-bond donors (Lipinski definition) is 2. The first-order valence-corrected chi connectivity index (χ1v) is 6.25. The van der Waals surface area contributed by atoms with Gasteiger partial charge in [0, 0.05) is 18.2 Å². The first-order chi connectivity index (χ1) is 8.65. The lowest BCUT2D eigenvalue weighted by Gasteiger charge is -2.30. The van der Waals surface area contributed by atoms with Crippen molar-refractivity contribution in [1.29, 1.82) is 0 Å². The summed E-state index contributed by atoms with van der Waals surface area (Å²) in [5.41, 5.74) is -0.0190. The summed E-state index contributed by atoms with van der Waals surface area (Å²) in [5, 5.41) is 14.0. The molecule has 4 nitrogen and oxygen atoms in total. The van der Waals surface area contributed by atoms with E-state index in [-0.39, 0.29) is 0 Å². The van der Waals surface area contributed by atoms with Crippen molar-refractivity contribution >= 4 is 0 Å². The van der Waals surface area contributed by atoms with Crippen molar-refractivity contribution in [2.75, 3.05) is 27.8 Å². The van der Waals surface area contributed by atoms with Crippen LogP contribution in [-0.4, -0.2) is 32.9 Å². The van der Waals surface area contributed by atoms with Gasteiger partial charge in [-0.05, 0) is 37.9 Å². The first kappa shape index (κ1) is 13.2. The number of methoxy groups -OCH3 is 2. The van der Waals surface area contributed by atoms with Gasteiger partial charge in [-0.3, -0.25) is 0 Å². The Kier molecular flexibility index (Phi) is 3.78. The highest BCUT2D eigenvalue weighted by Crippen LogP contribution is 2.48. The molecule has 0 aliphatic heterocycles. The van der Waals surface area contributed by atoms with E-state index >= 15 is 0 Å². The Hall–Kier alpha value is -1.26. The quantitative estimate of drug-likeness (QED) is 0.805. The Balaban J connectivity index is 2.40. The predicted octanol–water partition coefficient (Wildman–Crippen LogP) is 1.52. The van der Waals surface area contributed by atoms with Crippen molar-refractivity contribution in [3.63, 3.8) is 0 Å². The van der Waals surface area contributed by atoms with Gasteiger partial charge in [0.2, 0.25) is 0 Å². The zero-order chi connectivity index (χ0) is 13.2. The highest BCUT2D eigenvalue weighted by atomic mass is 16.5. The fourth-order valence-electron chi connectivity index (χ4n) is 2.45. The normalized spacial score (nSPS) is 18.2. The molecule has 1 saturated carbocycles. The maximum atomic E-state index is 10.9. The Morgan fingerprint density at radius 2 is 2.06 bits per heavy atom. The second-order valence-electron chi connectivity index (χ2n) is 4.80. The molecule has 2 N–H and O–H groups in total. The number of likely N-dealkylation sites (N-methyl/N-ethyl adjacent to an activating group) is 1. The molecule has 1 fully saturated rings. The third-order valence-corrected chi connectivity index (χ3v) is 3.57. The zero-order valence-corrected chi connectivity index (χ0v) is 11.2. The third kappa shape index (κ3) is 2.31. The van der Waals surface area contributed by atoms with E-state index < -0.39 is 5.60 Å². The lowest BCUT2D eigenvalue weighted by atomic mass is 9.88. The summed E-state index contributed by atoms with van der Waals surface area (Å²) in [4.78, 5) is 0. The van der Waals surface area contributed by atoms with Gasteiger partial charge >= 0.3 is 0 Å². The van der Waals surface area contributed by atoms with Crippen molar-refractivity contribution in [2.45, 2.75) is 18.4 Å². The summed E-state index contributed by atoms with van der Waals surface area (Å²) in [6.07, 6.45) is 2.13. The maximum Gasteiger partial charge on any atom is 0.128 e. The van der Waals surface area contributed by atoms with Crippen LogP contribution in [0.3, 0.4) is 0 Å². The van der Waals surface area contributed by atoms with Crippen LogP contribution in [-0.2, 0) is 5.60 Å². The third-order valence-electron chi connectivity index (χ3n) is 3.57. The van der Waals surface area contributed by atoms with E-state index in [1.54, 1.807) is 14.2 Å². The molecule has 1 aromatic carbocycles. The summed E-state index contributed by atoms with van der Waals surface area (Å²) in [7, 11) is 5.09. The number of hydrogen-bond acceptors (Lipinski definition) is 4. The zero-order valence-electron chi connectivity index (χ0n) is 11.2. The van der Waals surface area contributed by atoms with Crippen molar-refractivity contribution < 1.29 is 14.6 Å². The van der Waals surface area contributed by atoms with Gasteiger partial charge in [0.1, 0.15) is 17.1 Å². The molecule has 1 aromatic rings. The number of nitrogens with one attached hydrogen (secondary N) is 1. The molecule has 0 aromatic heterocycles. The average molecular weight is 251 g/mol. The van der Waals surface area contributed by atoms with Crippen LogP contribution in [0.4, 0.5) is 0 Å². The van der Waals surface area contributed by atoms with Gasteiger partial charge in [0.05, 0.1) is 14.2 Å². The van der Waals surface area contributed by atoms with E-state index in [1.165, 1.54) is 0 Å². The standard InChI is InChI=1S/C14H21NO3/c1-15-9-14(16,10-4-5-10)12-7-6-11(17-2)8-13(12)18-3/h6-8,10,15-16H,4-5,9H2,1-3H3. The topological polar surface area (TPSA) is 50.7 Å². The minimum absolute atomic E-state index is 0.312. The van der Waals surface area contributed by atoms with E-state index in [1.807, 2.05) is 25.2 Å². The molecule has 0 saturated heterocycles. The smallest absolute Gasteiger partial charge is 0.128 e. The van der Waals surface area contributed by atoms with Crippen LogP contribution in [0.1, 0.15) is 18.4 Å². The van der Waals surface area contributed by atoms with Crippen molar-refractivity contribution in [2.24, 2.45) is 5.92 Å². The van der Waals surface area contributed by atoms with Crippen LogP contribution < -0.4 is 14.8 Å². The fraction of sp³-hybridized carbons (Fsp3) is 0.571.